The summed E-state index contributed by atoms with van der Waals surface area (Å²) in [6.45, 7) is 2.03. The number of hydrogen-bond donors (Lipinski definition) is 1. The van der Waals surface area contributed by atoms with Crippen molar-refractivity contribution in [3.63, 3.8) is 0 Å². The second kappa shape index (κ2) is 5.93. The van der Waals surface area contributed by atoms with Crippen LogP contribution in [0.1, 0.15) is 11.1 Å². The number of nitrogens with one attached hydrogen (secondary N) is 1. The monoisotopic (exact) mass is 313 g/mol. The van der Waals surface area contributed by atoms with Crippen molar-refractivity contribution in [2.75, 3.05) is 19.0 Å². The van der Waals surface area contributed by atoms with E-state index in [0.29, 0.717) is 10.9 Å². The van der Waals surface area contributed by atoms with Crippen LogP contribution in [0.4, 0.5) is 5.69 Å². The first-order valence-electron chi connectivity index (χ1n) is 7.14. The van der Waals surface area contributed by atoms with E-state index in [9.17, 15) is 4.21 Å². The molecule has 0 amide bonds. The molecule has 0 saturated carbocycles. The van der Waals surface area contributed by atoms with E-state index in [4.69, 9.17) is 0 Å². The van der Waals surface area contributed by atoms with Crippen LogP contribution in [0.25, 0.3) is 11.0 Å². The minimum atomic E-state index is -1.19. The van der Waals surface area contributed by atoms with Gasteiger partial charge in [0.05, 0.1) is 27.6 Å². The number of para-hydroxylation sites is 1. The molecule has 0 aliphatic rings. The van der Waals surface area contributed by atoms with E-state index in [1.165, 1.54) is 0 Å². The molecule has 22 heavy (non-hydrogen) atoms. The number of rotatable bonds is 4. The Balaban J connectivity index is 1.90. The van der Waals surface area contributed by atoms with E-state index in [2.05, 4.69) is 9.97 Å². The summed E-state index contributed by atoms with van der Waals surface area (Å²) in [5.41, 5.74) is 5.09. The van der Waals surface area contributed by atoms with Crippen LogP contribution in [0.3, 0.4) is 0 Å². The van der Waals surface area contributed by atoms with Crippen LogP contribution in [0.2, 0.25) is 0 Å². The molecule has 0 aliphatic heterocycles. The number of anilines is 1. The van der Waals surface area contributed by atoms with Gasteiger partial charge in [-0.3, -0.25) is 4.21 Å². The molecule has 0 bridgehead atoms. The topological polar surface area (TPSA) is 49.0 Å². The highest BCUT2D eigenvalue weighted by atomic mass is 32.2. The molecule has 1 unspecified atom stereocenters. The molecular formula is C17H19N3OS. The summed E-state index contributed by atoms with van der Waals surface area (Å²) in [6, 6.07) is 14.0. The molecule has 2 aromatic carbocycles. The lowest BCUT2D eigenvalue weighted by Crippen LogP contribution is -2.12. The molecule has 3 aromatic rings. The van der Waals surface area contributed by atoms with Crippen LogP contribution >= 0.6 is 0 Å². The third-order valence-electron chi connectivity index (χ3n) is 3.59. The van der Waals surface area contributed by atoms with Gasteiger partial charge in [-0.2, -0.15) is 0 Å². The number of hydrogen-bond acceptors (Lipinski definition) is 3. The zero-order chi connectivity index (χ0) is 15.7. The zero-order valence-electron chi connectivity index (χ0n) is 13.0. The predicted molar refractivity (Wildman–Crippen MR) is 91.7 cm³/mol. The molecule has 4 nitrogen and oxygen atoms in total. The van der Waals surface area contributed by atoms with Gasteiger partial charge in [0.25, 0.3) is 0 Å². The van der Waals surface area contributed by atoms with Gasteiger partial charge < -0.3 is 9.88 Å². The van der Waals surface area contributed by atoms with Crippen LogP contribution in [0, 0.1) is 6.92 Å². The minimum absolute atomic E-state index is 0.452. The predicted octanol–water partition coefficient (Wildman–Crippen LogP) is 3.25. The van der Waals surface area contributed by atoms with Gasteiger partial charge in [0.1, 0.15) is 0 Å². The Hall–Kier alpha value is -2.14. The van der Waals surface area contributed by atoms with Gasteiger partial charge in [0.2, 0.25) is 0 Å². The van der Waals surface area contributed by atoms with Crippen molar-refractivity contribution >= 4 is 27.5 Å². The van der Waals surface area contributed by atoms with Crippen molar-refractivity contribution < 1.29 is 4.21 Å². The van der Waals surface area contributed by atoms with Crippen molar-refractivity contribution in [2.45, 2.75) is 17.8 Å². The number of benzene rings is 2. The highest BCUT2D eigenvalue weighted by Gasteiger charge is 2.13. The SMILES string of the molecule is Cc1ccc2nc(S(=O)Cc3ccccc3N(C)C)[nH]c2c1. The van der Waals surface area contributed by atoms with E-state index in [0.717, 1.165) is 27.8 Å². The third kappa shape index (κ3) is 2.90. The second-order valence-corrected chi connectivity index (χ2v) is 6.94. The molecular weight excluding hydrogens is 294 g/mol. The van der Waals surface area contributed by atoms with Crippen LogP contribution in [0.15, 0.2) is 47.6 Å². The summed E-state index contributed by atoms with van der Waals surface area (Å²) in [5, 5.41) is 0.536. The lowest BCUT2D eigenvalue weighted by Gasteiger charge is -2.16. The molecule has 0 spiro atoms. The Bertz CT molecular complexity index is 839. The molecule has 0 aliphatic carbocycles. The van der Waals surface area contributed by atoms with Gasteiger partial charge >= 0.3 is 0 Å². The number of nitrogens with zero attached hydrogens (tertiary/aromatic N) is 2. The van der Waals surface area contributed by atoms with Gasteiger partial charge in [-0.15, -0.1) is 0 Å². The minimum Gasteiger partial charge on any atom is -0.377 e. The van der Waals surface area contributed by atoms with E-state index in [1.54, 1.807) is 0 Å². The molecule has 1 N–H and O–H groups in total. The van der Waals surface area contributed by atoms with E-state index >= 15 is 0 Å². The molecule has 114 valence electrons. The first-order valence-corrected chi connectivity index (χ1v) is 8.46. The van der Waals surface area contributed by atoms with Crippen molar-refractivity contribution in [2.24, 2.45) is 0 Å². The van der Waals surface area contributed by atoms with E-state index < -0.39 is 10.8 Å². The second-order valence-electron chi connectivity index (χ2n) is 5.58. The molecule has 1 heterocycles. The standard InChI is InChI=1S/C17H19N3OS/c1-12-8-9-14-15(10-12)19-17(18-14)22(21)11-13-6-4-5-7-16(13)20(2)3/h4-10H,11H2,1-3H3,(H,18,19). The average Bonchev–Trinajstić information content (AvgIpc) is 2.90. The summed E-state index contributed by atoms with van der Waals surface area (Å²) >= 11 is 0. The normalized spacial score (nSPS) is 12.5. The molecule has 3 rings (SSSR count). The number of aromatic amines is 1. The van der Waals surface area contributed by atoms with Gasteiger partial charge in [-0.25, -0.2) is 4.98 Å². The molecule has 0 saturated heterocycles. The number of H-pyrrole nitrogens is 1. The molecule has 5 heteroatoms. The lowest BCUT2D eigenvalue weighted by atomic mass is 10.2. The first kappa shape index (κ1) is 14.8. The first-order chi connectivity index (χ1) is 10.5. The molecule has 1 atom stereocenters. The van der Waals surface area contributed by atoms with Gasteiger partial charge in [0, 0.05) is 19.8 Å². The lowest BCUT2D eigenvalue weighted by molar-refractivity contribution is 0.677. The fourth-order valence-electron chi connectivity index (χ4n) is 2.49. The van der Waals surface area contributed by atoms with Crippen LogP contribution < -0.4 is 4.90 Å². The Kier molecular flexibility index (Phi) is 3.98. The van der Waals surface area contributed by atoms with Crippen molar-refractivity contribution in [3.05, 3.63) is 53.6 Å². The maximum atomic E-state index is 12.6. The highest BCUT2D eigenvalue weighted by molar-refractivity contribution is 7.84. The smallest absolute Gasteiger partial charge is 0.197 e. The van der Waals surface area contributed by atoms with Crippen molar-refractivity contribution in [1.82, 2.24) is 9.97 Å². The summed E-state index contributed by atoms with van der Waals surface area (Å²) in [5.74, 6) is 0.452. The number of imidazole rings is 1. The van der Waals surface area contributed by atoms with E-state index in [-0.39, 0.29) is 0 Å². The fourth-order valence-corrected chi connectivity index (χ4v) is 3.57. The van der Waals surface area contributed by atoms with Gasteiger partial charge in [-0.05, 0) is 36.2 Å². The van der Waals surface area contributed by atoms with Crippen molar-refractivity contribution in [3.8, 4) is 0 Å². The van der Waals surface area contributed by atoms with E-state index in [1.807, 2.05) is 68.4 Å². The maximum absolute atomic E-state index is 12.6. The Morgan fingerprint density at radius 3 is 2.73 bits per heavy atom. The molecule has 1 aromatic heterocycles. The Labute approximate surface area is 132 Å². The number of aromatic nitrogens is 2. The maximum Gasteiger partial charge on any atom is 0.197 e. The number of fused-ring (bicyclic) bond motifs is 1. The van der Waals surface area contributed by atoms with Gasteiger partial charge in [0.15, 0.2) is 5.16 Å². The zero-order valence-corrected chi connectivity index (χ0v) is 13.8. The van der Waals surface area contributed by atoms with Crippen molar-refractivity contribution in [1.29, 1.82) is 0 Å². The number of aryl methyl sites for hydroxylation is 1. The highest BCUT2D eigenvalue weighted by Crippen LogP contribution is 2.22. The summed E-state index contributed by atoms with van der Waals surface area (Å²) in [6.07, 6.45) is 0. The largest absolute Gasteiger partial charge is 0.377 e. The average molecular weight is 313 g/mol. The third-order valence-corrected chi connectivity index (χ3v) is 4.79. The van der Waals surface area contributed by atoms with Crippen LogP contribution in [-0.4, -0.2) is 28.3 Å². The quantitative estimate of drug-likeness (QED) is 0.804. The molecule has 0 radical (unpaired) electrons. The van der Waals surface area contributed by atoms with Crippen LogP contribution in [0.5, 0.6) is 0 Å². The van der Waals surface area contributed by atoms with Crippen LogP contribution in [-0.2, 0) is 16.6 Å². The molecule has 0 fully saturated rings. The Morgan fingerprint density at radius 1 is 1.18 bits per heavy atom. The summed E-state index contributed by atoms with van der Waals surface area (Å²) in [4.78, 5) is 9.67. The van der Waals surface area contributed by atoms with Gasteiger partial charge in [-0.1, -0.05) is 24.3 Å². The fraction of sp³-hybridized carbons (Fsp3) is 0.235. The summed E-state index contributed by atoms with van der Waals surface area (Å²) < 4.78 is 12.6. The summed E-state index contributed by atoms with van der Waals surface area (Å²) in [7, 11) is 2.79. The Morgan fingerprint density at radius 2 is 1.95 bits per heavy atom.